The Morgan fingerprint density at radius 2 is 1.81 bits per heavy atom. The summed E-state index contributed by atoms with van der Waals surface area (Å²) in [6, 6.07) is 14.4. The summed E-state index contributed by atoms with van der Waals surface area (Å²) in [5, 5.41) is 3.51. The monoisotopic (exact) mass is 538 g/mol. The second-order valence-corrected chi connectivity index (χ2v) is 7.38. The molecule has 0 spiro atoms. The third-order valence-electron chi connectivity index (χ3n) is 5.51. The van der Waals surface area contributed by atoms with Gasteiger partial charge in [0.05, 0.1) is 7.11 Å². The van der Waals surface area contributed by atoms with Crippen LogP contribution in [0.1, 0.15) is 5.56 Å². The van der Waals surface area contributed by atoms with Crippen molar-refractivity contribution in [2.45, 2.75) is 6.42 Å². The molecule has 0 atom stereocenters. The van der Waals surface area contributed by atoms with Crippen molar-refractivity contribution in [3.8, 4) is 17.2 Å². The van der Waals surface area contributed by atoms with Gasteiger partial charge in [0, 0.05) is 51.5 Å². The molecular formula is C23H31IN4O3. The highest BCUT2D eigenvalue weighted by Gasteiger charge is 2.20. The lowest BCUT2D eigenvalue weighted by Crippen LogP contribution is -2.52. The molecule has 0 aliphatic carbocycles. The summed E-state index contributed by atoms with van der Waals surface area (Å²) in [6.45, 7) is 5.83. The molecule has 7 nitrogen and oxygen atoms in total. The number of nitrogens with one attached hydrogen (secondary N) is 1. The SMILES string of the molecule is CN=C(NCCc1ccc2c(c1)OCCO2)N1CCN(c2cccc(OC)c2)CC1.I. The summed E-state index contributed by atoms with van der Waals surface area (Å²) in [4.78, 5) is 9.20. The Morgan fingerprint density at radius 3 is 2.55 bits per heavy atom. The minimum absolute atomic E-state index is 0. The number of halogens is 1. The Morgan fingerprint density at radius 1 is 1.03 bits per heavy atom. The number of piperazine rings is 1. The highest BCUT2D eigenvalue weighted by atomic mass is 127. The normalized spacial score (nSPS) is 15.9. The van der Waals surface area contributed by atoms with Crippen molar-refractivity contribution >= 4 is 35.6 Å². The minimum Gasteiger partial charge on any atom is -0.497 e. The largest absolute Gasteiger partial charge is 0.497 e. The first-order chi connectivity index (χ1) is 14.8. The Labute approximate surface area is 201 Å². The number of anilines is 1. The average molecular weight is 538 g/mol. The zero-order valence-corrected chi connectivity index (χ0v) is 20.5. The summed E-state index contributed by atoms with van der Waals surface area (Å²) in [7, 11) is 3.55. The van der Waals surface area contributed by atoms with E-state index < -0.39 is 0 Å². The minimum atomic E-state index is 0. The lowest BCUT2D eigenvalue weighted by Gasteiger charge is -2.37. The maximum absolute atomic E-state index is 5.68. The molecule has 1 saturated heterocycles. The highest BCUT2D eigenvalue weighted by molar-refractivity contribution is 14.0. The van der Waals surface area contributed by atoms with Crippen LogP contribution < -0.4 is 24.4 Å². The molecule has 0 amide bonds. The van der Waals surface area contributed by atoms with Gasteiger partial charge < -0.3 is 29.3 Å². The van der Waals surface area contributed by atoms with E-state index in [2.05, 4.69) is 44.4 Å². The van der Waals surface area contributed by atoms with Crippen molar-refractivity contribution in [3.63, 3.8) is 0 Å². The molecule has 4 rings (SSSR count). The molecule has 0 bridgehead atoms. The van der Waals surface area contributed by atoms with Crippen LogP contribution in [0, 0.1) is 0 Å². The highest BCUT2D eigenvalue weighted by Crippen LogP contribution is 2.30. The van der Waals surface area contributed by atoms with E-state index in [0.29, 0.717) is 13.2 Å². The molecule has 1 fully saturated rings. The number of nitrogens with zero attached hydrogens (tertiary/aromatic N) is 3. The quantitative estimate of drug-likeness (QED) is 0.359. The molecule has 8 heteroatoms. The van der Waals surface area contributed by atoms with Crippen LogP contribution in [0.5, 0.6) is 17.2 Å². The van der Waals surface area contributed by atoms with E-state index >= 15 is 0 Å². The van der Waals surface area contributed by atoms with Gasteiger partial charge in [-0.25, -0.2) is 0 Å². The standard InChI is InChI=1S/C23H30N4O3.HI/c1-24-23(25-9-8-18-6-7-21-22(16-18)30-15-14-29-21)27-12-10-26(11-13-27)19-4-3-5-20(17-19)28-2;/h3-7,16-17H,8-15H2,1-2H3,(H,24,25);1H. The summed E-state index contributed by atoms with van der Waals surface area (Å²) in [5.41, 5.74) is 2.43. The van der Waals surface area contributed by atoms with Crippen LogP contribution in [0.3, 0.4) is 0 Å². The summed E-state index contributed by atoms with van der Waals surface area (Å²) in [5.74, 6) is 3.53. The van der Waals surface area contributed by atoms with Crippen molar-refractivity contribution in [1.82, 2.24) is 10.2 Å². The van der Waals surface area contributed by atoms with E-state index in [1.54, 1.807) is 7.11 Å². The van der Waals surface area contributed by atoms with Gasteiger partial charge in [0.25, 0.3) is 0 Å². The third kappa shape index (κ3) is 5.87. The van der Waals surface area contributed by atoms with Crippen molar-refractivity contribution in [2.24, 2.45) is 4.99 Å². The van der Waals surface area contributed by atoms with Crippen LogP contribution in [0.2, 0.25) is 0 Å². The first-order valence-corrected chi connectivity index (χ1v) is 10.5. The number of ether oxygens (including phenoxy) is 3. The van der Waals surface area contributed by atoms with E-state index in [1.807, 2.05) is 25.2 Å². The Kier molecular flexibility index (Phi) is 8.51. The fraction of sp³-hybridized carbons (Fsp3) is 0.435. The number of methoxy groups -OCH3 is 1. The predicted octanol–water partition coefficient (Wildman–Crippen LogP) is 3.02. The Hall–Kier alpha value is -2.36. The smallest absolute Gasteiger partial charge is 0.193 e. The van der Waals surface area contributed by atoms with E-state index in [-0.39, 0.29) is 24.0 Å². The molecular weight excluding hydrogens is 507 g/mol. The molecule has 31 heavy (non-hydrogen) atoms. The van der Waals surface area contributed by atoms with Crippen molar-refractivity contribution in [3.05, 3.63) is 48.0 Å². The lowest BCUT2D eigenvalue weighted by atomic mass is 10.1. The molecule has 2 aliphatic heterocycles. The average Bonchev–Trinajstić information content (AvgIpc) is 2.82. The second kappa shape index (κ2) is 11.3. The Bertz CT molecular complexity index is 885. The fourth-order valence-electron chi connectivity index (χ4n) is 3.88. The maximum Gasteiger partial charge on any atom is 0.193 e. The van der Waals surface area contributed by atoms with Crippen LogP contribution in [-0.4, -0.2) is 71.0 Å². The van der Waals surface area contributed by atoms with Crippen molar-refractivity contribution in [2.75, 3.05) is 65.0 Å². The number of guanidine groups is 1. The topological polar surface area (TPSA) is 58.6 Å². The Balaban J connectivity index is 0.00000272. The van der Waals surface area contributed by atoms with Gasteiger partial charge in [0.15, 0.2) is 17.5 Å². The van der Waals surface area contributed by atoms with E-state index in [9.17, 15) is 0 Å². The fourth-order valence-corrected chi connectivity index (χ4v) is 3.88. The molecule has 168 valence electrons. The third-order valence-corrected chi connectivity index (χ3v) is 5.51. The van der Waals surface area contributed by atoms with E-state index in [0.717, 1.165) is 62.4 Å². The number of benzene rings is 2. The maximum atomic E-state index is 5.68. The van der Waals surface area contributed by atoms with Crippen LogP contribution in [0.15, 0.2) is 47.5 Å². The predicted molar refractivity (Wildman–Crippen MR) is 135 cm³/mol. The first-order valence-electron chi connectivity index (χ1n) is 10.5. The number of hydrogen-bond acceptors (Lipinski definition) is 5. The molecule has 2 aromatic carbocycles. The van der Waals surface area contributed by atoms with Crippen molar-refractivity contribution in [1.29, 1.82) is 0 Å². The van der Waals surface area contributed by atoms with Crippen molar-refractivity contribution < 1.29 is 14.2 Å². The van der Waals surface area contributed by atoms with E-state index in [4.69, 9.17) is 14.2 Å². The van der Waals surface area contributed by atoms with Gasteiger partial charge >= 0.3 is 0 Å². The molecule has 0 aromatic heterocycles. The molecule has 0 unspecified atom stereocenters. The zero-order valence-electron chi connectivity index (χ0n) is 18.2. The summed E-state index contributed by atoms with van der Waals surface area (Å²) in [6.07, 6.45) is 0.902. The molecule has 0 radical (unpaired) electrons. The number of rotatable bonds is 5. The molecule has 2 heterocycles. The van der Waals surface area contributed by atoms with Gasteiger partial charge in [0.2, 0.25) is 0 Å². The van der Waals surface area contributed by atoms with Crippen LogP contribution in [0.4, 0.5) is 5.69 Å². The van der Waals surface area contributed by atoms with Gasteiger partial charge in [-0.3, -0.25) is 4.99 Å². The molecule has 1 N–H and O–H groups in total. The number of aliphatic imine (C=N–C) groups is 1. The van der Waals surface area contributed by atoms with Gasteiger partial charge in [-0.2, -0.15) is 0 Å². The van der Waals surface area contributed by atoms with E-state index in [1.165, 1.54) is 11.3 Å². The van der Waals surface area contributed by atoms with Gasteiger partial charge in [0.1, 0.15) is 19.0 Å². The molecule has 0 saturated carbocycles. The van der Waals surface area contributed by atoms with Crippen LogP contribution in [-0.2, 0) is 6.42 Å². The van der Waals surface area contributed by atoms with Crippen LogP contribution in [0.25, 0.3) is 0 Å². The lowest BCUT2D eigenvalue weighted by molar-refractivity contribution is 0.171. The zero-order chi connectivity index (χ0) is 20.8. The second-order valence-electron chi connectivity index (χ2n) is 7.38. The van der Waals surface area contributed by atoms with Gasteiger partial charge in [-0.15, -0.1) is 24.0 Å². The van der Waals surface area contributed by atoms with Gasteiger partial charge in [-0.05, 0) is 36.2 Å². The molecule has 2 aliphatic rings. The first kappa shape index (κ1) is 23.3. The number of hydrogen-bond donors (Lipinski definition) is 1. The van der Waals surface area contributed by atoms with Gasteiger partial charge in [-0.1, -0.05) is 12.1 Å². The van der Waals surface area contributed by atoms with Crippen LogP contribution >= 0.6 is 24.0 Å². The molecule has 2 aromatic rings. The summed E-state index contributed by atoms with van der Waals surface area (Å²) < 4.78 is 16.6. The number of fused-ring (bicyclic) bond motifs is 1. The summed E-state index contributed by atoms with van der Waals surface area (Å²) >= 11 is 0.